The molecule has 0 bridgehead atoms. The van der Waals surface area contributed by atoms with Crippen LogP contribution in [0.5, 0.6) is 0 Å². The van der Waals surface area contributed by atoms with Crippen LogP contribution in [0.2, 0.25) is 0 Å². The zero-order valence-corrected chi connectivity index (χ0v) is 12.4. The van der Waals surface area contributed by atoms with Crippen molar-refractivity contribution in [2.24, 2.45) is 5.92 Å². The van der Waals surface area contributed by atoms with Crippen LogP contribution in [0.3, 0.4) is 0 Å². The minimum atomic E-state index is -1.14. The van der Waals surface area contributed by atoms with Gasteiger partial charge in [0.1, 0.15) is 5.54 Å². The molecule has 20 heavy (non-hydrogen) atoms. The quantitative estimate of drug-likeness (QED) is 0.784. The Morgan fingerprint density at radius 3 is 2.60 bits per heavy atom. The van der Waals surface area contributed by atoms with E-state index in [1.165, 1.54) is 0 Å². The summed E-state index contributed by atoms with van der Waals surface area (Å²) in [5, 5.41) is 12.1. The molecule has 2 heterocycles. The van der Waals surface area contributed by atoms with E-state index in [0.29, 0.717) is 25.8 Å². The van der Waals surface area contributed by atoms with Crippen molar-refractivity contribution in [1.29, 1.82) is 0 Å². The molecule has 0 aromatic carbocycles. The zero-order chi connectivity index (χ0) is 14.8. The molecular weight excluding hydrogens is 280 g/mol. The summed E-state index contributed by atoms with van der Waals surface area (Å²) in [6, 6.07) is 0. The third-order valence-electron chi connectivity index (χ3n) is 4.15. The Morgan fingerprint density at radius 1 is 1.40 bits per heavy atom. The van der Waals surface area contributed by atoms with Gasteiger partial charge in [-0.3, -0.25) is 9.59 Å². The maximum absolute atomic E-state index is 12.3. The second-order valence-corrected chi connectivity index (χ2v) is 6.72. The summed E-state index contributed by atoms with van der Waals surface area (Å²) in [5.41, 5.74) is -1.14. The monoisotopic (exact) mass is 300 g/mol. The first-order chi connectivity index (χ1) is 9.44. The normalized spacial score (nSPS) is 26.1. The number of aliphatic carboxylic acids is 1. The molecule has 0 radical (unpaired) electrons. The molecule has 0 aromatic heterocycles. The van der Waals surface area contributed by atoms with Crippen LogP contribution >= 0.6 is 11.8 Å². The second kappa shape index (κ2) is 6.03. The molecule has 2 N–H and O–H groups in total. The molecule has 0 aliphatic carbocycles. The highest BCUT2D eigenvalue weighted by atomic mass is 32.2. The first-order valence-corrected chi connectivity index (χ1v) is 7.97. The maximum atomic E-state index is 12.3. The Morgan fingerprint density at radius 2 is 2.05 bits per heavy atom. The van der Waals surface area contributed by atoms with E-state index in [2.05, 4.69) is 5.32 Å². The van der Waals surface area contributed by atoms with Gasteiger partial charge in [-0.05, 0) is 30.8 Å². The molecule has 0 aromatic rings. The van der Waals surface area contributed by atoms with Crippen LogP contribution in [0, 0.1) is 5.92 Å². The van der Waals surface area contributed by atoms with Crippen LogP contribution in [0.15, 0.2) is 0 Å². The number of hydrogen-bond acceptors (Lipinski definition) is 4. The number of carboxylic acid groups (broad SMARTS) is 1. The summed E-state index contributed by atoms with van der Waals surface area (Å²) >= 11 is 1.70. The van der Waals surface area contributed by atoms with Crippen LogP contribution in [-0.4, -0.2) is 58.4 Å². The fourth-order valence-electron chi connectivity index (χ4n) is 2.62. The largest absolute Gasteiger partial charge is 0.480 e. The Labute approximate surface area is 122 Å². The van der Waals surface area contributed by atoms with Gasteiger partial charge < -0.3 is 15.3 Å². The van der Waals surface area contributed by atoms with Crippen LogP contribution < -0.4 is 5.32 Å². The molecule has 0 saturated carbocycles. The fourth-order valence-corrected chi connectivity index (χ4v) is 3.81. The van der Waals surface area contributed by atoms with Gasteiger partial charge in [-0.25, -0.2) is 4.79 Å². The summed E-state index contributed by atoms with van der Waals surface area (Å²) in [5.74, 6) is -0.242. The average Bonchev–Trinajstić information content (AvgIpc) is 2.42. The molecule has 2 aliphatic rings. The van der Waals surface area contributed by atoms with E-state index in [1.807, 2.05) is 0 Å². The first kappa shape index (κ1) is 15.2. The summed E-state index contributed by atoms with van der Waals surface area (Å²) < 4.78 is 0. The molecule has 1 unspecified atom stereocenters. The summed E-state index contributed by atoms with van der Waals surface area (Å²) in [7, 11) is 1.72. The van der Waals surface area contributed by atoms with Crippen LogP contribution in [0.4, 0.5) is 0 Å². The number of hydrogen-bond donors (Lipinski definition) is 2. The predicted octanol–water partition coefficient (Wildman–Crippen LogP) is 0.321. The molecule has 2 amide bonds. The number of amides is 2. The number of carboxylic acids is 1. The van der Waals surface area contributed by atoms with Gasteiger partial charge in [0.2, 0.25) is 11.8 Å². The molecule has 6 nitrogen and oxygen atoms in total. The van der Waals surface area contributed by atoms with Gasteiger partial charge in [0.25, 0.3) is 0 Å². The van der Waals surface area contributed by atoms with Crippen molar-refractivity contribution in [2.75, 3.05) is 25.1 Å². The van der Waals surface area contributed by atoms with Crippen molar-refractivity contribution >= 4 is 29.5 Å². The Bertz CT molecular complexity index is 421. The van der Waals surface area contributed by atoms with E-state index >= 15 is 0 Å². The lowest BCUT2D eigenvalue weighted by atomic mass is 9.89. The number of rotatable bonds is 3. The second-order valence-electron chi connectivity index (χ2n) is 5.49. The van der Waals surface area contributed by atoms with E-state index in [4.69, 9.17) is 0 Å². The van der Waals surface area contributed by atoms with Crippen molar-refractivity contribution in [2.45, 2.75) is 31.2 Å². The minimum Gasteiger partial charge on any atom is -0.480 e. The summed E-state index contributed by atoms with van der Waals surface area (Å²) in [6.45, 7) is 0.548. The fraction of sp³-hybridized carbons (Fsp3) is 0.769. The van der Waals surface area contributed by atoms with E-state index < -0.39 is 17.4 Å². The molecule has 2 aliphatic heterocycles. The number of nitrogens with one attached hydrogen (secondary N) is 1. The van der Waals surface area contributed by atoms with Gasteiger partial charge in [0.05, 0.1) is 0 Å². The third kappa shape index (κ3) is 3.08. The van der Waals surface area contributed by atoms with Crippen LogP contribution in [-0.2, 0) is 14.4 Å². The number of thioether (sulfide) groups is 1. The first-order valence-electron chi connectivity index (χ1n) is 6.82. The van der Waals surface area contributed by atoms with Gasteiger partial charge in [-0.15, -0.1) is 0 Å². The predicted molar refractivity (Wildman–Crippen MR) is 75.4 cm³/mol. The molecule has 0 spiro atoms. The van der Waals surface area contributed by atoms with Crippen LogP contribution in [0.1, 0.15) is 25.7 Å². The Hall–Kier alpha value is -1.24. The van der Waals surface area contributed by atoms with Crippen molar-refractivity contribution in [3.63, 3.8) is 0 Å². The maximum Gasteiger partial charge on any atom is 0.329 e. The SMILES string of the molecule is CN1CCC(C(=O)NC2(C(=O)O)CCSCC2)CC1=O. The third-order valence-corrected chi connectivity index (χ3v) is 5.13. The molecule has 2 rings (SSSR count). The molecule has 112 valence electrons. The summed E-state index contributed by atoms with van der Waals surface area (Å²) in [6.07, 6.45) is 1.66. The lowest BCUT2D eigenvalue weighted by Gasteiger charge is -2.36. The highest BCUT2D eigenvalue weighted by Crippen LogP contribution is 2.28. The van der Waals surface area contributed by atoms with Gasteiger partial charge >= 0.3 is 5.97 Å². The van der Waals surface area contributed by atoms with E-state index in [-0.39, 0.29) is 18.2 Å². The lowest BCUT2D eigenvalue weighted by molar-refractivity contribution is -0.149. The van der Waals surface area contributed by atoms with Gasteiger partial charge in [0, 0.05) is 25.9 Å². The Balaban J connectivity index is 2.02. The number of carbonyl (C=O) groups is 3. The highest BCUT2D eigenvalue weighted by molar-refractivity contribution is 7.99. The smallest absolute Gasteiger partial charge is 0.329 e. The minimum absolute atomic E-state index is 0.0556. The van der Waals surface area contributed by atoms with E-state index in [0.717, 1.165) is 11.5 Å². The molecule has 1 atom stereocenters. The topological polar surface area (TPSA) is 86.7 Å². The van der Waals surface area contributed by atoms with E-state index in [1.54, 1.807) is 23.7 Å². The summed E-state index contributed by atoms with van der Waals surface area (Å²) in [4.78, 5) is 37.0. The highest BCUT2D eigenvalue weighted by Gasteiger charge is 2.43. The van der Waals surface area contributed by atoms with Crippen molar-refractivity contribution in [3.05, 3.63) is 0 Å². The van der Waals surface area contributed by atoms with E-state index in [9.17, 15) is 19.5 Å². The van der Waals surface area contributed by atoms with Gasteiger partial charge in [0.15, 0.2) is 0 Å². The molecule has 2 saturated heterocycles. The number of piperidine rings is 1. The number of carbonyl (C=O) groups excluding carboxylic acids is 2. The van der Waals surface area contributed by atoms with Crippen LogP contribution in [0.25, 0.3) is 0 Å². The lowest BCUT2D eigenvalue weighted by Crippen LogP contribution is -2.58. The number of nitrogens with zero attached hydrogens (tertiary/aromatic N) is 1. The van der Waals surface area contributed by atoms with Crippen molar-refractivity contribution in [1.82, 2.24) is 10.2 Å². The number of likely N-dealkylation sites (tertiary alicyclic amines) is 1. The molecular formula is C13H20N2O4S. The van der Waals surface area contributed by atoms with Crippen molar-refractivity contribution < 1.29 is 19.5 Å². The zero-order valence-electron chi connectivity index (χ0n) is 11.6. The van der Waals surface area contributed by atoms with Gasteiger partial charge in [-0.2, -0.15) is 11.8 Å². The average molecular weight is 300 g/mol. The Kier molecular flexibility index (Phi) is 4.57. The standard InChI is InChI=1S/C13H20N2O4S/c1-15-5-2-9(8-10(15)16)11(17)14-13(12(18)19)3-6-20-7-4-13/h9H,2-8H2,1H3,(H,14,17)(H,18,19). The van der Waals surface area contributed by atoms with Crippen molar-refractivity contribution in [3.8, 4) is 0 Å². The van der Waals surface area contributed by atoms with Gasteiger partial charge in [-0.1, -0.05) is 0 Å². The molecule has 7 heteroatoms. The molecule has 2 fully saturated rings.